The lowest BCUT2D eigenvalue weighted by Gasteiger charge is -2.33. The Morgan fingerprint density at radius 3 is 3.00 bits per heavy atom. The van der Waals surface area contributed by atoms with Crippen molar-refractivity contribution in [2.45, 2.75) is 39.3 Å². The Morgan fingerprint density at radius 2 is 2.26 bits per heavy atom. The van der Waals surface area contributed by atoms with Crippen molar-refractivity contribution in [2.24, 2.45) is 0 Å². The molecule has 1 N–H and O–H groups in total. The van der Waals surface area contributed by atoms with Crippen molar-refractivity contribution in [1.82, 2.24) is 25.0 Å². The minimum atomic E-state index is -0.0841. The number of aliphatic hydroxyl groups is 1. The highest BCUT2D eigenvalue weighted by Gasteiger charge is 2.24. The number of rotatable bonds is 5. The number of aryl methyl sites for hydroxylation is 1. The summed E-state index contributed by atoms with van der Waals surface area (Å²) in [6.07, 6.45) is 3.89. The van der Waals surface area contributed by atoms with Gasteiger partial charge in [-0.1, -0.05) is 5.21 Å². The number of piperidine rings is 1. The fourth-order valence-corrected chi connectivity index (χ4v) is 2.85. The molecule has 8 heteroatoms. The van der Waals surface area contributed by atoms with Gasteiger partial charge in [-0.2, -0.15) is 4.98 Å². The van der Waals surface area contributed by atoms with E-state index in [1.807, 2.05) is 30.8 Å². The molecule has 124 valence electrons. The first-order chi connectivity index (χ1) is 11.2. The van der Waals surface area contributed by atoms with Crippen molar-refractivity contribution in [1.29, 1.82) is 0 Å². The Balaban J connectivity index is 1.78. The molecular formula is C15H22N6O2. The summed E-state index contributed by atoms with van der Waals surface area (Å²) in [6.45, 7) is 6.06. The first-order valence-electron chi connectivity index (χ1n) is 7.94. The molecule has 3 rings (SSSR count). The summed E-state index contributed by atoms with van der Waals surface area (Å²) in [7, 11) is 0. The Kier molecular flexibility index (Phi) is 4.71. The lowest BCUT2D eigenvalue weighted by Crippen LogP contribution is -2.37. The van der Waals surface area contributed by atoms with Crippen LogP contribution in [-0.2, 0) is 6.61 Å². The normalized spacial score (nSPS) is 18.2. The molecule has 0 bridgehead atoms. The summed E-state index contributed by atoms with van der Waals surface area (Å²) in [5.74, 6) is 2.20. The van der Waals surface area contributed by atoms with E-state index >= 15 is 0 Å². The molecule has 23 heavy (non-hydrogen) atoms. The highest BCUT2D eigenvalue weighted by Crippen LogP contribution is 2.26. The van der Waals surface area contributed by atoms with E-state index < -0.39 is 0 Å². The third-order valence-electron chi connectivity index (χ3n) is 3.91. The molecule has 0 amide bonds. The van der Waals surface area contributed by atoms with Gasteiger partial charge in [-0.25, -0.2) is 9.67 Å². The number of hydrogen-bond donors (Lipinski definition) is 1. The smallest absolute Gasteiger partial charge is 0.218 e. The first-order valence-corrected chi connectivity index (χ1v) is 7.94. The summed E-state index contributed by atoms with van der Waals surface area (Å²) in [5, 5.41) is 17.2. The summed E-state index contributed by atoms with van der Waals surface area (Å²) in [5.41, 5.74) is 0.596. The zero-order valence-electron chi connectivity index (χ0n) is 13.5. The van der Waals surface area contributed by atoms with Gasteiger partial charge in [-0.05, 0) is 26.7 Å². The summed E-state index contributed by atoms with van der Waals surface area (Å²) < 4.78 is 7.36. The van der Waals surface area contributed by atoms with Crippen molar-refractivity contribution in [3.8, 4) is 5.88 Å². The molecule has 1 aliphatic heterocycles. The molecule has 1 fully saturated rings. The third kappa shape index (κ3) is 3.58. The van der Waals surface area contributed by atoms with Crippen LogP contribution in [0.15, 0.2) is 12.3 Å². The van der Waals surface area contributed by atoms with Gasteiger partial charge in [0.25, 0.3) is 0 Å². The second kappa shape index (κ2) is 6.91. The maximum Gasteiger partial charge on any atom is 0.218 e. The SMILES string of the molecule is CCOc1cc(N2CCC[C@H](n3cc(CO)nn3)C2)nc(C)n1. The highest BCUT2D eigenvalue weighted by molar-refractivity contribution is 5.42. The van der Waals surface area contributed by atoms with Crippen LogP contribution in [-0.4, -0.2) is 49.8 Å². The molecule has 0 radical (unpaired) electrons. The van der Waals surface area contributed by atoms with Gasteiger partial charge in [0.2, 0.25) is 5.88 Å². The first kappa shape index (κ1) is 15.7. The van der Waals surface area contributed by atoms with Crippen molar-refractivity contribution in [2.75, 3.05) is 24.6 Å². The molecule has 2 aromatic rings. The predicted molar refractivity (Wildman–Crippen MR) is 84.4 cm³/mol. The van der Waals surface area contributed by atoms with E-state index in [0.29, 0.717) is 24.0 Å². The molecule has 2 aromatic heterocycles. The van der Waals surface area contributed by atoms with Crippen LogP contribution in [0.5, 0.6) is 5.88 Å². The summed E-state index contributed by atoms with van der Waals surface area (Å²) >= 11 is 0. The number of nitrogens with zero attached hydrogens (tertiary/aromatic N) is 6. The standard InChI is InChI=1S/C15H22N6O2/c1-3-23-15-7-14(16-11(2)17-15)20-6-4-5-13(9-20)21-8-12(10-22)18-19-21/h7-8,13,22H,3-6,9-10H2,1-2H3/t13-/m0/s1. The zero-order valence-corrected chi connectivity index (χ0v) is 13.5. The van der Waals surface area contributed by atoms with E-state index in [2.05, 4.69) is 25.2 Å². The van der Waals surface area contributed by atoms with Crippen LogP contribution in [0.25, 0.3) is 0 Å². The Morgan fingerprint density at radius 1 is 1.39 bits per heavy atom. The second-order valence-corrected chi connectivity index (χ2v) is 5.63. The number of hydrogen-bond acceptors (Lipinski definition) is 7. The molecular weight excluding hydrogens is 296 g/mol. The number of anilines is 1. The van der Waals surface area contributed by atoms with Crippen LogP contribution in [0.4, 0.5) is 5.82 Å². The van der Waals surface area contributed by atoms with E-state index in [1.54, 1.807) is 0 Å². The van der Waals surface area contributed by atoms with Crippen LogP contribution >= 0.6 is 0 Å². The van der Waals surface area contributed by atoms with Crippen LogP contribution in [0, 0.1) is 6.92 Å². The lowest BCUT2D eigenvalue weighted by molar-refractivity contribution is 0.276. The minimum absolute atomic E-state index is 0.0841. The molecule has 1 saturated heterocycles. The summed E-state index contributed by atoms with van der Waals surface area (Å²) in [6, 6.07) is 2.11. The third-order valence-corrected chi connectivity index (χ3v) is 3.91. The van der Waals surface area contributed by atoms with Gasteiger partial charge in [0.1, 0.15) is 17.3 Å². The molecule has 3 heterocycles. The van der Waals surface area contributed by atoms with Crippen LogP contribution < -0.4 is 9.64 Å². The van der Waals surface area contributed by atoms with Crippen LogP contribution in [0.1, 0.15) is 37.3 Å². The van der Waals surface area contributed by atoms with Gasteiger partial charge in [0.05, 0.1) is 25.5 Å². The maximum atomic E-state index is 9.13. The monoisotopic (exact) mass is 318 g/mol. The lowest BCUT2D eigenvalue weighted by atomic mass is 10.1. The number of aliphatic hydroxyl groups excluding tert-OH is 1. The Labute approximate surface area is 135 Å². The van der Waals surface area contributed by atoms with Gasteiger partial charge in [-0.15, -0.1) is 5.10 Å². The molecule has 8 nitrogen and oxygen atoms in total. The zero-order chi connectivity index (χ0) is 16.2. The predicted octanol–water partition coefficient (Wildman–Crippen LogP) is 1.11. The van der Waals surface area contributed by atoms with Gasteiger partial charge < -0.3 is 14.7 Å². The van der Waals surface area contributed by atoms with E-state index in [0.717, 1.165) is 31.7 Å². The van der Waals surface area contributed by atoms with Crippen molar-refractivity contribution in [3.63, 3.8) is 0 Å². The van der Waals surface area contributed by atoms with Gasteiger partial charge in [0, 0.05) is 19.2 Å². The van der Waals surface area contributed by atoms with Crippen LogP contribution in [0.3, 0.4) is 0 Å². The average molecular weight is 318 g/mol. The van der Waals surface area contributed by atoms with E-state index in [1.165, 1.54) is 0 Å². The molecule has 0 aromatic carbocycles. The summed E-state index contributed by atoms with van der Waals surface area (Å²) in [4.78, 5) is 11.1. The van der Waals surface area contributed by atoms with Gasteiger partial charge in [-0.3, -0.25) is 0 Å². The number of ether oxygens (including phenoxy) is 1. The molecule has 0 unspecified atom stereocenters. The second-order valence-electron chi connectivity index (χ2n) is 5.63. The fraction of sp³-hybridized carbons (Fsp3) is 0.600. The largest absolute Gasteiger partial charge is 0.478 e. The van der Waals surface area contributed by atoms with Crippen molar-refractivity contribution >= 4 is 5.82 Å². The fourth-order valence-electron chi connectivity index (χ4n) is 2.85. The molecule has 0 aliphatic carbocycles. The highest BCUT2D eigenvalue weighted by atomic mass is 16.5. The number of aromatic nitrogens is 5. The quantitative estimate of drug-likeness (QED) is 0.883. The molecule has 0 saturated carbocycles. The van der Waals surface area contributed by atoms with Gasteiger partial charge >= 0.3 is 0 Å². The minimum Gasteiger partial charge on any atom is -0.478 e. The molecule has 1 aliphatic rings. The molecule has 1 atom stereocenters. The Hall–Kier alpha value is -2.22. The van der Waals surface area contributed by atoms with Crippen LogP contribution in [0.2, 0.25) is 0 Å². The Bertz CT molecular complexity index is 659. The average Bonchev–Trinajstić information content (AvgIpc) is 3.04. The van der Waals surface area contributed by atoms with Crippen molar-refractivity contribution < 1.29 is 9.84 Å². The molecule has 0 spiro atoms. The van der Waals surface area contributed by atoms with E-state index in [-0.39, 0.29) is 12.6 Å². The van der Waals surface area contributed by atoms with E-state index in [4.69, 9.17) is 9.84 Å². The van der Waals surface area contributed by atoms with E-state index in [9.17, 15) is 0 Å². The van der Waals surface area contributed by atoms with Gasteiger partial charge in [0.15, 0.2) is 0 Å². The van der Waals surface area contributed by atoms with Crippen molar-refractivity contribution in [3.05, 3.63) is 23.8 Å². The maximum absolute atomic E-state index is 9.13. The topological polar surface area (TPSA) is 89.2 Å².